The highest BCUT2D eigenvalue weighted by Crippen LogP contribution is 2.32. The minimum atomic E-state index is -4.39. The minimum absolute atomic E-state index is 0.0370. The van der Waals surface area contributed by atoms with Crippen molar-refractivity contribution < 1.29 is 26.9 Å². The first-order chi connectivity index (χ1) is 14.8. The van der Waals surface area contributed by atoms with E-state index in [1.807, 2.05) is 10.8 Å². The van der Waals surface area contributed by atoms with Gasteiger partial charge in [0.1, 0.15) is 12.1 Å². The number of nitrogens with one attached hydrogen (secondary N) is 1. The van der Waals surface area contributed by atoms with Gasteiger partial charge in [-0.2, -0.15) is 13.2 Å². The third kappa shape index (κ3) is 4.72. The van der Waals surface area contributed by atoms with E-state index in [2.05, 4.69) is 15.0 Å². The molecule has 3 heterocycles. The quantitative estimate of drug-likeness (QED) is 0.417. The van der Waals surface area contributed by atoms with Crippen LogP contribution in [0.5, 0.6) is 11.5 Å². The van der Waals surface area contributed by atoms with Gasteiger partial charge in [0.25, 0.3) is 0 Å². The molecule has 0 bridgehead atoms. The Bertz CT molecular complexity index is 1190. The van der Waals surface area contributed by atoms with E-state index in [1.54, 1.807) is 6.07 Å². The Morgan fingerprint density at radius 1 is 1.16 bits per heavy atom. The van der Waals surface area contributed by atoms with E-state index in [9.17, 15) is 17.4 Å². The molecule has 0 saturated heterocycles. The van der Waals surface area contributed by atoms with E-state index in [-0.39, 0.29) is 12.4 Å². The standard InChI is InChI=1S/C20H16F3N3O3S2/c1-28-18-16(11-31(27)19-25-14-9-30-10-15(14)26-19)24-7-6-17(18)29-8-12-2-4-13(5-3-12)20(21,22)23/h2-7,9-10H,8,11H2,1H3,(H,25,26). The third-order valence-corrected chi connectivity index (χ3v) is 6.30. The Hall–Kier alpha value is -2.92. The Labute approximate surface area is 181 Å². The molecule has 31 heavy (non-hydrogen) atoms. The zero-order valence-electron chi connectivity index (χ0n) is 16.1. The number of pyridine rings is 1. The second kappa shape index (κ2) is 8.67. The first-order valence-electron chi connectivity index (χ1n) is 8.96. The molecular weight excluding hydrogens is 451 g/mol. The molecule has 0 spiro atoms. The Morgan fingerprint density at radius 3 is 2.61 bits per heavy atom. The number of hydrogen-bond donors (Lipinski definition) is 1. The van der Waals surface area contributed by atoms with Crippen molar-refractivity contribution in [3.05, 3.63) is 64.1 Å². The zero-order valence-corrected chi connectivity index (χ0v) is 17.7. The van der Waals surface area contributed by atoms with Crippen LogP contribution in [0.3, 0.4) is 0 Å². The maximum atomic E-state index is 12.7. The summed E-state index contributed by atoms with van der Waals surface area (Å²) in [4.78, 5) is 11.6. The van der Waals surface area contributed by atoms with Crippen molar-refractivity contribution in [1.29, 1.82) is 0 Å². The summed E-state index contributed by atoms with van der Waals surface area (Å²) in [7, 11) is -0.0419. The number of H-pyrrole nitrogens is 1. The normalized spacial score (nSPS) is 12.8. The number of methoxy groups -OCH3 is 1. The lowest BCUT2D eigenvalue weighted by atomic mass is 10.1. The van der Waals surface area contributed by atoms with E-state index >= 15 is 0 Å². The molecule has 4 aromatic rings. The van der Waals surface area contributed by atoms with Gasteiger partial charge < -0.3 is 14.5 Å². The van der Waals surface area contributed by atoms with Crippen LogP contribution in [0.25, 0.3) is 11.0 Å². The second-order valence-corrected chi connectivity index (χ2v) is 8.58. The van der Waals surface area contributed by atoms with E-state index < -0.39 is 22.5 Å². The fourth-order valence-corrected chi connectivity index (χ4v) is 4.59. The molecule has 0 aliphatic heterocycles. The predicted molar refractivity (Wildman–Crippen MR) is 111 cm³/mol. The van der Waals surface area contributed by atoms with Crippen molar-refractivity contribution in [2.75, 3.05) is 7.11 Å². The number of ether oxygens (including phenoxy) is 2. The summed E-state index contributed by atoms with van der Waals surface area (Å²) in [6.45, 7) is 0.0370. The first kappa shape index (κ1) is 21.3. The monoisotopic (exact) mass is 467 g/mol. The maximum Gasteiger partial charge on any atom is 0.416 e. The van der Waals surface area contributed by atoms with E-state index in [0.717, 1.165) is 23.2 Å². The van der Waals surface area contributed by atoms with Crippen molar-refractivity contribution in [2.45, 2.75) is 23.7 Å². The summed E-state index contributed by atoms with van der Waals surface area (Å²) in [5, 5.41) is 4.09. The lowest BCUT2D eigenvalue weighted by molar-refractivity contribution is -0.137. The molecule has 1 N–H and O–H groups in total. The summed E-state index contributed by atoms with van der Waals surface area (Å²) in [5.41, 5.74) is 1.83. The van der Waals surface area contributed by atoms with Crippen molar-refractivity contribution in [3.63, 3.8) is 0 Å². The second-order valence-electron chi connectivity index (χ2n) is 6.47. The van der Waals surface area contributed by atoms with Gasteiger partial charge in [-0.25, -0.2) is 4.98 Å². The van der Waals surface area contributed by atoms with Crippen molar-refractivity contribution in [3.8, 4) is 11.5 Å². The number of imidazole rings is 1. The molecule has 0 aliphatic rings. The average molecular weight is 467 g/mol. The fourth-order valence-electron chi connectivity index (χ4n) is 2.88. The Kier molecular flexibility index (Phi) is 5.96. The first-order valence-corrected chi connectivity index (χ1v) is 11.2. The molecule has 162 valence electrons. The SMILES string of the molecule is COc1c(OCc2ccc(C(F)(F)F)cc2)ccnc1CS(=O)c1nc2cscc2[nH]1. The molecule has 1 atom stereocenters. The van der Waals surface area contributed by atoms with Gasteiger partial charge >= 0.3 is 6.18 Å². The number of aromatic nitrogens is 3. The largest absolute Gasteiger partial charge is 0.491 e. The smallest absolute Gasteiger partial charge is 0.416 e. The van der Waals surface area contributed by atoms with E-state index in [4.69, 9.17) is 9.47 Å². The lowest BCUT2D eigenvalue weighted by Crippen LogP contribution is -2.06. The van der Waals surface area contributed by atoms with Gasteiger partial charge in [0.15, 0.2) is 16.7 Å². The molecule has 0 saturated carbocycles. The van der Waals surface area contributed by atoms with Gasteiger partial charge in [-0.1, -0.05) is 12.1 Å². The number of thiophene rings is 1. The van der Waals surface area contributed by atoms with Gasteiger partial charge in [-0.3, -0.25) is 9.19 Å². The number of halogens is 3. The van der Waals surface area contributed by atoms with Gasteiger partial charge in [-0.05, 0) is 17.7 Å². The van der Waals surface area contributed by atoms with Gasteiger partial charge in [0.2, 0.25) is 0 Å². The summed E-state index contributed by atoms with van der Waals surface area (Å²) < 4.78 is 62.0. The number of hydrogen-bond acceptors (Lipinski definition) is 6. The average Bonchev–Trinajstić information content (AvgIpc) is 3.34. The van der Waals surface area contributed by atoms with E-state index in [1.165, 1.54) is 36.8 Å². The molecule has 4 rings (SSSR count). The van der Waals surface area contributed by atoms with Crippen LogP contribution in [0.1, 0.15) is 16.8 Å². The van der Waals surface area contributed by atoms with Crippen LogP contribution < -0.4 is 9.47 Å². The van der Waals surface area contributed by atoms with Crippen LogP contribution in [0.15, 0.2) is 52.4 Å². The van der Waals surface area contributed by atoms with Crippen molar-refractivity contribution in [2.24, 2.45) is 0 Å². The number of rotatable bonds is 7. The molecular formula is C20H16F3N3O3S2. The minimum Gasteiger partial charge on any atom is -0.491 e. The van der Waals surface area contributed by atoms with E-state index in [0.29, 0.717) is 27.9 Å². The molecule has 1 aromatic carbocycles. The maximum absolute atomic E-state index is 12.7. The fraction of sp³-hybridized carbons (Fsp3) is 0.200. The lowest BCUT2D eigenvalue weighted by Gasteiger charge is -2.14. The molecule has 0 amide bonds. The molecule has 0 aliphatic carbocycles. The van der Waals surface area contributed by atoms with Crippen LogP contribution in [-0.2, 0) is 29.3 Å². The molecule has 6 nitrogen and oxygen atoms in total. The Balaban J connectivity index is 1.48. The molecule has 3 aromatic heterocycles. The zero-order chi connectivity index (χ0) is 22.0. The molecule has 1 unspecified atom stereocenters. The number of aromatic amines is 1. The highest BCUT2D eigenvalue weighted by atomic mass is 32.2. The van der Waals surface area contributed by atoms with Crippen molar-refractivity contribution >= 4 is 33.2 Å². The van der Waals surface area contributed by atoms with Gasteiger partial charge in [0, 0.05) is 23.0 Å². The van der Waals surface area contributed by atoms with Gasteiger partial charge in [-0.15, -0.1) is 11.3 Å². The van der Waals surface area contributed by atoms with Gasteiger partial charge in [0.05, 0.1) is 40.4 Å². The Morgan fingerprint density at radius 2 is 1.94 bits per heavy atom. The number of nitrogens with zero attached hydrogens (tertiary/aromatic N) is 2. The highest BCUT2D eigenvalue weighted by Gasteiger charge is 2.30. The summed E-state index contributed by atoms with van der Waals surface area (Å²) in [5.74, 6) is 0.722. The van der Waals surface area contributed by atoms with Crippen LogP contribution in [0.4, 0.5) is 13.2 Å². The number of alkyl halides is 3. The molecule has 11 heteroatoms. The topological polar surface area (TPSA) is 77.1 Å². The van der Waals surface area contributed by atoms with Crippen LogP contribution in [0, 0.1) is 0 Å². The number of fused-ring (bicyclic) bond motifs is 1. The number of benzene rings is 1. The molecule has 0 radical (unpaired) electrons. The molecule has 0 fully saturated rings. The summed E-state index contributed by atoms with van der Waals surface area (Å²) >= 11 is 1.50. The van der Waals surface area contributed by atoms with Crippen LogP contribution in [-0.4, -0.2) is 26.3 Å². The van der Waals surface area contributed by atoms with Crippen LogP contribution in [0.2, 0.25) is 0 Å². The van der Waals surface area contributed by atoms with Crippen molar-refractivity contribution in [1.82, 2.24) is 15.0 Å². The summed E-state index contributed by atoms with van der Waals surface area (Å²) in [6, 6.07) is 6.30. The predicted octanol–water partition coefficient (Wildman–Crippen LogP) is 4.93. The summed E-state index contributed by atoms with van der Waals surface area (Å²) in [6.07, 6.45) is -2.89. The van der Waals surface area contributed by atoms with Crippen LogP contribution >= 0.6 is 11.3 Å². The highest BCUT2D eigenvalue weighted by molar-refractivity contribution is 7.84. The third-order valence-electron chi connectivity index (χ3n) is 4.41.